The van der Waals surface area contributed by atoms with E-state index < -0.39 is 17.8 Å². The van der Waals surface area contributed by atoms with Gasteiger partial charge in [-0.3, -0.25) is 9.59 Å². The van der Waals surface area contributed by atoms with Crippen molar-refractivity contribution in [2.45, 2.75) is 39.2 Å². The Bertz CT molecular complexity index is 367. The number of aliphatic carboxylic acids is 1. The Morgan fingerprint density at radius 1 is 1.35 bits per heavy atom. The van der Waals surface area contributed by atoms with Crippen LogP contribution in [-0.4, -0.2) is 48.2 Å². The Kier molecular flexibility index (Phi) is 6.71. The van der Waals surface area contributed by atoms with Gasteiger partial charge in [0.2, 0.25) is 5.91 Å². The van der Waals surface area contributed by atoms with Crippen LogP contribution in [0.2, 0.25) is 0 Å². The van der Waals surface area contributed by atoms with Crippen LogP contribution < -0.4 is 0 Å². The van der Waals surface area contributed by atoms with E-state index in [0.717, 1.165) is 6.42 Å². The Morgan fingerprint density at radius 2 is 1.95 bits per heavy atom. The molecule has 0 aromatic rings. The van der Waals surface area contributed by atoms with Gasteiger partial charge in [-0.2, -0.15) is 0 Å². The number of carbonyl (C=O) groups excluding carboxylic acids is 1. The average Bonchev–Trinajstić information content (AvgIpc) is 2.46. The molecule has 0 saturated carbocycles. The van der Waals surface area contributed by atoms with Crippen molar-refractivity contribution in [1.82, 2.24) is 4.90 Å². The lowest BCUT2D eigenvalue weighted by Gasteiger charge is -2.34. The maximum atomic E-state index is 12.7. The summed E-state index contributed by atoms with van der Waals surface area (Å²) in [6.45, 7) is 4.99. The van der Waals surface area contributed by atoms with Gasteiger partial charge in [0.05, 0.1) is 18.4 Å². The molecule has 5 nitrogen and oxygen atoms in total. The highest BCUT2D eigenvalue weighted by atomic mass is 16.5. The number of allylic oxidation sites excluding steroid dienone is 2. The van der Waals surface area contributed by atoms with E-state index in [9.17, 15) is 14.7 Å². The van der Waals surface area contributed by atoms with Crippen molar-refractivity contribution in [3.63, 3.8) is 0 Å². The van der Waals surface area contributed by atoms with E-state index in [1.807, 2.05) is 26.0 Å². The van der Waals surface area contributed by atoms with Crippen LogP contribution in [0.15, 0.2) is 12.2 Å². The third kappa shape index (κ3) is 4.07. The summed E-state index contributed by atoms with van der Waals surface area (Å²) >= 11 is 0. The van der Waals surface area contributed by atoms with Crippen molar-refractivity contribution in [3.8, 4) is 0 Å². The molecular weight excluding hydrogens is 258 g/mol. The number of hydrogen-bond donors (Lipinski definition) is 1. The molecular formula is C15H25NO4. The van der Waals surface area contributed by atoms with Crippen LogP contribution in [0.4, 0.5) is 0 Å². The minimum Gasteiger partial charge on any atom is -0.481 e. The number of nitrogens with zero attached hydrogens (tertiary/aromatic N) is 1. The zero-order valence-corrected chi connectivity index (χ0v) is 12.5. The number of carboxylic acid groups (broad SMARTS) is 1. The van der Waals surface area contributed by atoms with Crippen molar-refractivity contribution in [1.29, 1.82) is 0 Å². The minimum absolute atomic E-state index is 0.0619. The quantitative estimate of drug-likeness (QED) is 0.725. The molecule has 0 bridgehead atoms. The van der Waals surface area contributed by atoms with Crippen LogP contribution in [0.5, 0.6) is 0 Å². The van der Waals surface area contributed by atoms with Crippen LogP contribution >= 0.6 is 0 Å². The summed E-state index contributed by atoms with van der Waals surface area (Å²) in [6, 6.07) is 0.0954. The first kappa shape index (κ1) is 16.7. The number of rotatable bonds is 7. The van der Waals surface area contributed by atoms with Crippen LogP contribution in [0, 0.1) is 11.8 Å². The highest BCUT2D eigenvalue weighted by molar-refractivity contribution is 5.85. The topological polar surface area (TPSA) is 66.8 Å². The van der Waals surface area contributed by atoms with Gasteiger partial charge in [-0.25, -0.2) is 0 Å². The first-order valence-corrected chi connectivity index (χ1v) is 7.20. The van der Waals surface area contributed by atoms with E-state index in [4.69, 9.17) is 4.74 Å². The zero-order valence-electron chi connectivity index (χ0n) is 12.5. The predicted molar refractivity (Wildman–Crippen MR) is 76.3 cm³/mol. The van der Waals surface area contributed by atoms with Gasteiger partial charge in [-0.15, -0.1) is 0 Å². The van der Waals surface area contributed by atoms with Crippen molar-refractivity contribution in [2.75, 3.05) is 20.3 Å². The van der Waals surface area contributed by atoms with Crippen molar-refractivity contribution < 1.29 is 19.4 Å². The lowest BCUT2D eigenvalue weighted by molar-refractivity contribution is -0.151. The highest BCUT2D eigenvalue weighted by Crippen LogP contribution is 2.28. The van der Waals surface area contributed by atoms with Gasteiger partial charge < -0.3 is 14.7 Å². The number of amides is 1. The van der Waals surface area contributed by atoms with Gasteiger partial charge in [0, 0.05) is 19.7 Å². The van der Waals surface area contributed by atoms with Gasteiger partial charge in [-0.05, 0) is 26.2 Å². The molecule has 20 heavy (non-hydrogen) atoms. The third-order valence-electron chi connectivity index (χ3n) is 4.01. The van der Waals surface area contributed by atoms with Crippen molar-refractivity contribution in [3.05, 3.63) is 12.2 Å². The second kappa shape index (κ2) is 8.04. The highest BCUT2D eigenvalue weighted by Gasteiger charge is 2.37. The molecule has 1 N–H and O–H groups in total. The summed E-state index contributed by atoms with van der Waals surface area (Å²) < 4.78 is 5.05. The molecule has 0 aromatic heterocycles. The molecule has 0 spiro atoms. The molecule has 0 radical (unpaired) electrons. The first-order chi connectivity index (χ1) is 9.52. The summed E-state index contributed by atoms with van der Waals surface area (Å²) in [6.07, 6.45) is 5.55. The first-order valence-electron chi connectivity index (χ1n) is 7.20. The standard InChI is InChI=1S/C15H25NO4/c1-4-11(2)16(9-10-20-3)14(17)12-7-5-6-8-13(12)15(18)19/h5-6,11-13H,4,7-10H2,1-3H3,(H,18,19). The summed E-state index contributed by atoms with van der Waals surface area (Å²) in [5.74, 6) is -2.01. The number of methoxy groups -OCH3 is 1. The molecule has 0 fully saturated rings. The zero-order chi connectivity index (χ0) is 15.1. The summed E-state index contributed by atoms with van der Waals surface area (Å²) in [4.78, 5) is 25.8. The molecule has 0 aliphatic heterocycles. The molecule has 0 aromatic carbocycles. The molecule has 1 amide bonds. The second-order valence-corrected chi connectivity index (χ2v) is 5.28. The van der Waals surface area contributed by atoms with E-state index in [-0.39, 0.29) is 11.9 Å². The molecule has 3 atom stereocenters. The monoisotopic (exact) mass is 283 g/mol. The normalized spacial score (nSPS) is 23.4. The fourth-order valence-corrected chi connectivity index (χ4v) is 2.53. The van der Waals surface area contributed by atoms with Gasteiger partial charge >= 0.3 is 5.97 Å². The van der Waals surface area contributed by atoms with Crippen molar-refractivity contribution in [2.24, 2.45) is 11.8 Å². The predicted octanol–water partition coefficient (Wildman–Crippen LogP) is 1.93. The van der Waals surface area contributed by atoms with Gasteiger partial charge in [-0.1, -0.05) is 19.1 Å². The molecule has 3 unspecified atom stereocenters. The Morgan fingerprint density at radius 3 is 2.45 bits per heavy atom. The largest absolute Gasteiger partial charge is 0.481 e. The van der Waals surface area contributed by atoms with Crippen LogP contribution in [0.25, 0.3) is 0 Å². The fourth-order valence-electron chi connectivity index (χ4n) is 2.53. The van der Waals surface area contributed by atoms with E-state index in [0.29, 0.717) is 26.0 Å². The number of carbonyl (C=O) groups is 2. The molecule has 114 valence electrons. The molecule has 1 aliphatic carbocycles. The van der Waals surface area contributed by atoms with E-state index >= 15 is 0 Å². The molecule has 5 heteroatoms. The number of ether oxygens (including phenoxy) is 1. The second-order valence-electron chi connectivity index (χ2n) is 5.28. The van der Waals surface area contributed by atoms with Crippen molar-refractivity contribution >= 4 is 11.9 Å². The molecule has 1 rings (SSSR count). The molecule has 0 saturated heterocycles. The Balaban J connectivity index is 2.85. The van der Waals surface area contributed by atoms with Gasteiger partial charge in [0.15, 0.2) is 0 Å². The van der Waals surface area contributed by atoms with E-state index in [1.165, 1.54) is 0 Å². The van der Waals surface area contributed by atoms with Gasteiger partial charge in [0.1, 0.15) is 0 Å². The minimum atomic E-state index is -0.886. The summed E-state index contributed by atoms with van der Waals surface area (Å²) in [5, 5.41) is 9.28. The third-order valence-corrected chi connectivity index (χ3v) is 4.01. The van der Waals surface area contributed by atoms with E-state index in [2.05, 4.69) is 0 Å². The maximum absolute atomic E-state index is 12.7. The lowest BCUT2D eigenvalue weighted by atomic mass is 9.82. The van der Waals surface area contributed by atoms with Crippen LogP contribution in [0.3, 0.4) is 0 Å². The fraction of sp³-hybridized carbons (Fsp3) is 0.733. The summed E-state index contributed by atoms with van der Waals surface area (Å²) in [5.41, 5.74) is 0. The number of carboxylic acids is 1. The Hall–Kier alpha value is -1.36. The van der Waals surface area contributed by atoms with E-state index in [1.54, 1.807) is 12.0 Å². The Labute approximate surface area is 120 Å². The van der Waals surface area contributed by atoms with Crippen LogP contribution in [0.1, 0.15) is 33.1 Å². The molecule has 1 aliphatic rings. The smallest absolute Gasteiger partial charge is 0.307 e. The average molecular weight is 283 g/mol. The summed E-state index contributed by atoms with van der Waals surface area (Å²) in [7, 11) is 1.60. The number of hydrogen-bond acceptors (Lipinski definition) is 3. The van der Waals surface area contributed by atoms with Crippen LogP contribution in [-0.2, 0) is 14.3 Å². The van der Waals surface area contributed by atoms with Gasteiger partial charge in [0.25, 0.3) is 0 Å². The maximum Gasteiger partial charge on any atom is 0.307 e. The SMILES string of the molecule is CCC(C)N(CCOC)C(=O)C1CC=CCC1C(=O)O. The molecule has 0 heterocycles. The lowest BCUT2D eigenvalue weighted by Crippen LogP contribution is -2.47.